The zero-order valence-electron chi connectivity index (χ0n) is 8.24. The van der Waals surface area contributed by atoms with E-state index in [0.29, 0.717) is 11.4 Å². The lowest BCUT2D eigenvalue weighted by atomic mass is 9.94. The zero-order chi connectivity index (χ0) is 10.8. The Hall–Kier alpha value is -1.06. The number of halogens is 1. The van der Waals surface area contributed by atoms with E-state index in [0.717, 1.165) is 12.0 Å². The molecule has 80 valence electrons. The third-order valence-electron chi connectivity index (χ3n) is 2.59. The fraction of sp³-hybridized carbons (Fsp3) is 0.364. The molecule has 2 rings (SSSR count). The molecule has 1 fully saturated rings. The number of carbonyl (C=O) groups is 1. The van der Waals surface area contributed by atoms with Crippen LogP contribution in [0.4, 0.5) is 0 Å². The van der Waals surface area contributed by atoms with Crippen LogP contribution in [0.2, 0.25) is 5.02 Å². The summed E-state index contributed by atoms with van der Waals surface area (Å²) in [5.74, 6) is 0.0219. The molecule has 1 aromatic rings. The van der Waals surface area contributed by atoms with Crippen molar-refractivity contribution in [1.29, 1.82) is 0 Å². The summed E-state index contributed by atoms with van der Waals surface area (Å²) >= 11 is 5.80. The highest BCUT2D eigenvalue weighted by molar-refractivity contribution is 6.30. The van der Waals surface area contributed by atoms with Crippen LogP contribution in [0, 0.1) is 0 Å². The van der Waals surface area contributed by atoms with Crippen LogP contribution in [-0.2, 0) is 4.79 Å². The molecule has 4 heteroatoms. The molecule has 0 radical (unpaired) electrons. The van der Waals surface area contributed by atoms with Crippen molar-refractivity contribution in [3.05, 3.63) is 34.9 Å². The van der Waals surface area contributed by atoms with Crippen LogP contribution in [0.25, 0.3) is 0 Å². The van der Waals surface area contributed by atoms with Crippen LogP contribution >= 0.6 is 11.6 Å². The summed E-state index contributed by atoms with van der Waals surface area (Å²) in [6.45, 7) is 0. The van der Waals surface area contributed by atoms with Crippen LogP contribution < -0.4 is 11.1 Å². The van der Waals surface area contributed by atoms with Crippen molar-refractivity contribution < 1.29 is 4.79 Å². The number of piperidine rings is 1. The number of rotatable bonds is 1. The minimum atomic E-state index is -0.0422. The lowest BCUT2D eigenvalue weighted by Crippen LogP contribution is -2.42. The van der Waals surface area contributed by atoms with Crippen LogP contribution in [0.15, 0.2) is 24.3 Å². The molecule has 1 aliphatic rings. The van der Waals surface area contributed by atoms with Gasteiger partial charge in [-0.2, -0.15) is 0 Å². The predicted octanol–water partition coefficient (Wildman–Crippen LogP) is 1.62. The van der Waals surface area contributed by atoms with E-state index in [1.54, 1.807) is 0 Å². The molecule has 0 saturated carbocycles. The number of benzene rings is 1. The number of nitrogens with one attached hydrogen (secondary N) is 1. The summed E-state index contributed by atoms with van der Waals surface area (Å²) in [7, 11) is 0. The quantitative estimate of drug-likeness (QED) is 0.762. The Morgan fingerprint density at radius 3 is 2.60 bits per heavy atom. The van der Waals surface area contributed by atoms with Crippen LogP contribution in [-0.4, -0.2) is 11.9 Å². The van der Waals surface area contributed by atoms with Crippen molar-refractivity contribution in [2.75, 3.05) is 0 Å². The van der Waals surface area contributed by atoms with E-state index in [1.165, 1.54) is 0 Å². The van der Waals surface area contributed by atoms with E-state index in [-0.39, 0.29) is 18.0 Å². The topological polar surface area (TPSA) is 55.1 Å². The Morgan fingerprint density at radius 2 is 2.00 bits per heavy atom. The smallest absolute Gasteiger partial charge is 0.222 e. The molecule has 0 aliphatic carbocycles. The van der Waals surface area contributed by atoms with E-state index in [1.807, 2.05) is 24.3 Å². The molecule has 1 saturated heterocycles. The lowest BCUT2D eigenvalue weighted by Gasteiger charge is -2.27. The third kappa shape index (κ3) is 2.49. The molecule has 1 heterocycles. The number of amides is 1. The molecule has 2 atom stereocenters. The van der Waals surface area contributed by atoms with Gasteiger partial charge in [-0.1, -0.05) is 23.7 Å². The number of hydrogen-bond acceptors (Lipinski definition) is 2. The molecule has 0 spiro atoms. The van der Waals surface area contributed by atoms with Crippen LogP contribution in [0.1, 0.15) is 24.4 Å². The van der Waals surface area contributed by atoms with Gasteiger partial charge in [0, 0.05) is 17.5 Å². The molecular formula is C11H13ClN2O. The molecule has 3 N–H and O–H groups in total. The summed E-state index contributed by atoms with van der Waals surface area (Å²) in [6.07, 6.45) is 1.21. The Bertz CT molecular complexity index is 363. The maximum absolute atomic E-state index is 11.3. The van der Waals surface area contributed by atoms with Crippen molar-refractivity contribution in [3.8, 4) is 0 Å². The molecule has 1 aliphatic heterocycles. The average molecular weight is 225 g/mol. The highest BCUT2D eigenvalue weighted by Crippen LogP contribution is 2.23. The molecule has 2 unspecified atom stereocenters. The van der Waals surface area contributed by atoms with E-state index < -0.39 is 0 Å². The van der Waals surface area contributed by atoms with E-state index in [4.69, 9.17) is 17.3 Å². The van der Waals surface area contributed by atoms with Crippen molar-refractivity contribution in [2.45, 2.75) is 24.9 Å². The highest BCUT2D eigenvalue weighted by Gasteiger charge is 2.24. The average Bonchev–Trinajstić information content (AvgIpc) is 2.17. The highest BCUT2D eigenvalue weighted by atomic mass is 35.5. The van der Waals surface area contributed by atoms with E-state index in [9.17, 15) is 4.79 Å². The van der Waals surface area contributed by atoms with Crippen LogP contribution in [0.3, 0.4) is 0 Å². The van der Waals surface area contributed by atoms with Gasteiger partial charge in [0.05, 0.1) is 6.04 Å². The Labute approximate surface area is 93.6 Å². The Balaban J connectivity index is 2.16. The first-order valence-corrected chi connectivity index (χ1v) is 5.33. The first-order valence-electron chi connectivity index (χ1n) is 4.95. The van der Waals surface area contributed by atoms with Gasteiger partial charge in [-0.25, -0.2) is 0 Å². The SMILES string of the molecule is NC1CC(=O)NC(c2ccc(Cl)cc2)C1. The van der Waals surface area contributed by atoms with Crippen LogP contribution in [0.5, 0.6) is 0 Å². The van der Waals surface area contributed by atoms with Crippen molar-refractivity contribution in [2.24, 2.45) is 5.73 Å². The Morgan fingerprint density at radius 1 is 1.33 bits per heavy atom. The van der Waals surface area contributed by atoms with Gasteiger partial charge in [-0.3, -0.25) is 4.79 Å². The second-order valence-corrected chi connectivity index (χ2v) is 4.31. The number of hydrogen-bond donors (Lipinski definition) is 2. The molecule has 15 heavy (non-hydrogen) atoms. The lowest BCUT2D eigenvalue weighted by molar-refractivity contribution is -0.123. The monoisotopic (exact) mass is 224 g/mol. The van der Waals surface area contributed by atoms with Gasteiger partial charge in [0.15, 0.2) is 0 Å². The first kappa shape index (κ1) is 10.5. The molecule has 1 aromatic carbocycles. The van der Waals surface area contributed by atoms with Crippen molar-refractivity contribution >= 4 is 17.5 Å². The summed E-state index contributed by atoms with van der Waals surface area (Å²) in [5, 5.41) is 3.62. The Kier molecular flexibility index (Phi) is 2.93. The molecule has 0 bridgehead atoms. The van der Waals surface area contributed by atoms with Gasteiger partial charge in [0.25, 0.3) is 0 Å². The van der Waals surface area contributed by atoms with E-state index in [2.05, 4.69) is 5.32 Å². The summed E-state index contributed by atoms with van der Waals surface area (Å²) in [5.41, 5.74) is 6.85. The van der Waals surface area contributed by atoms with Gasteiger partial charge in [0.1, 0.15) is 0 Å². The minimum Gasteiger partial charge on any atom is -0.349 e. The molecule has 1 amide bonds. The maximum Gasteiger partial charge on any atom is 0.222 e. The summed E-state index contributed by atoms with van der Waals surface area (Å²) in [6, 6.07) is 7.47. The van der Waals surface area contributed by atoms with Gasteiger partial charge in [-0.15, -0.1) is 0 Å². The molecule has 0 aromatic heterocycles. The fourth-order valence-corrected chi connectivity index (χ4v) is 1.98. The van der Waals surface area contributed by atoms with Gasteiger partial charge in [-0.05, 0) is 24.1 Å². The standard InChI is InChI=1S/C11H13ClN2O/c12-8-3-1-7(2-4-8)10-5-9(13)6-11(15)14-10/h1-4,9-10H,5-6,13H2,(H,14,15). The molecular weight excluding hydrogens is 212 g/mol. The van der Waals surface area contributed by atoms with E-state index >= 15 is 0 Å². The van der Waals surface area contributed by atoms with Gasteiger partial charge in [0.2, 0.25) is 5.91 Å². The fourth-order valence-electron chi connectivity index (χ4n) is 1.85. The summed E-state index contributed by atoms with van der Waals surface area (Å²) < 4.78 is 0. The second-order valence-electron chi connectivity index (χ2n) is 3.87. The van der Waals surface area contributed by atoms with Crippen molar-refractivity contribution in [1.82, 2.24) is 5.32 Å². The number of nitrogens with two attached hydrogens (primary N) is 1. The third-order valence-corrected chi connectivity index (χ3v) is 2.85. The minimum absolute atomic E-state index is 0.0219. The summed E-state index contributed by atoms with van der Waals surface area (Å²) in [4.78, 5) is 11.3. The zero-order valence-corrected chi connectivity index (χ0v) is 9.00. The van der Waals surface area contributed by atoms with Gasteiger partial charge >= 0.3 is 0 Å². The first-order chi connectivity index (χ1) is 7.15. The molecule has 3 nitrogen and oxygen atoms in total. The van der Waals surface area contributed by atoms with Crippen molar-refractivity contribution in [3.63, 3.8) is 0 Å². The maximum atomic E-state index is 11.3. The predicted molar refractivity (Wildman–Crippen MR) is 59.5 cm³/mol. The number of carbonyl (C=O) groups excluding carboxylic acids is 1. The largest absolute Gasteiger partial charge is 0.349 e. The normalized spacial score (nSPS) is 26.1. The second kappa shape index (κ2) is 4.21. The van der Waals surface area contributed by atoms with Gasteiger partial charge < -0.3 is 11.1 Å².